The smallest absolute Gasteiger partial charge is 0.139 e. The highest BCUT2D eigenvalue weighted by Gasteiger charge is 2.12. The summed E-state index contributed by atoms with van der Waals surface area (Å²) in [5.74, 6) is -0.203. The lowest BCUT2D eigenvalue weighted by atomic mass is 10.1. The molecule has 0 saturated carbocycles. The maximum atomic E-state index is 13.4. The third kappa shape index (κ3) is 1.49. The molecule has 0 radical (unpaired) electrons. The fraction of sp³-hybridized carbons (Fsp3) is 0.333. The van der Waals surface area contributed by atoms with Gasteiger partial charge in [0.2, 0.25) is 0 Å². The summed E-state index contributed by atoms with van der Waals surface area (Å²) in [4.78, 5) is 0. The largest absolute Gasteiger partial charge is 0.347 e. The normalized spacial score (nSPS) is 11.3. The fourth-order valence-corrected chi connectivity index (χ4v) is 2.51. The molecule has 0 atom stereocenters. The van der Waals surface area contributed by atoms with Crippen molar-refractivity contribution in [1.29, 1.82) is 0 Å². The van der Waals surface area contributed by atoms with Crippen LogP contribution in [0.2, 0.25) is 0 Å². The maximum absolute atomic E-state index is 13.4. The zero-order valence-corrected chi connectivity index (χ0v) is 10.7. The van der Waals surface area contributed by atoms with Crippen molar-refractivity contribution in [2.75, 3.05) is 0 Å². The average Bonchev–Trinajstić information content (AvgIpc) is 2.42. The second kappa shape index (κ2) is 3.63. The number of aryl methyl sites for hydroxylation is 2. The van der Waals surface area contributed by atoms with E-state index in [1.165, 1.54) is 11.3 Å². The Morgan fingerprint density at radius 2 is 2.07 bits per heavy atom. The predicted molar refractivity (Wildman–Crippen MR) is 64.7 cm³/mol. The third-order valence-electron chi connectivity index (χ3n) is 2.98. The highest BCUT2D eigenvalue weighted by Crippen LogP contribution is 2.29. The lowest BCUT2D eigenvalue weighted by molar-refractivity contribution is 0.622. The van der Waals surface area contributed by atoms with Crippen LogP contribution in [-0.2, 0) is 13.5 Å². The van der Waals surface area contributed by atoms with E-state index in [0.29, 0.717) is 4.47 Å². The van der Waals surface area contributed by atoms with Gasteiger partial charge in [-0.3, -0.25) is 0 Å². The van der Waals surface area contributed by atoms with Crippen molar-refractivity contribution in [3.63, 3.8) is 0 Å². The lowest BCUT2D eigenvalue weighted by Crippen LogP contribution is -1.95. The van der Waals surface area contributed by atoms with Crippen LogP contribution in [-0.4, -0.2) is 4.57 Å². The van der Waals surface area contributed by atoms with Crippen LogP contribution in [0.5, 0.6) is 0 Å². The number of nitrogens with zero attached hydrogens (tertiary/aromatic N) is 1. The molecule has 0 aliphatic rings. The summed E-state index contributed by atoms with van der Waals surface area (Å²) in [5, 5.41) is 1.13. The summed E-state index contributed by atoms with van der Waals surface area (Å²) >= 11 is 3.22. The highest BCUT2D eigenvalue weighted by atomic mass is 79.9. The van der Waals surface area contributed by atoms with E-state index in [-0.39, 0.29) is 5.82 Å². The van der Waals surface area contributed by atoms with E-state index in [4.69, 9.17) is 0 Å². The Hall–Kier alpha value is -0.830. The van der Waals surface area contributed by atoms with E-state index in [0.717, 1.165) is 17.3 Å². The van der Waals surface area contributed by atoms with E-state index in [1.54, 1.807) is 6.07 Å². The van der Waals surface area contributed by atoms with Gasteiger partial charge in [-0.05, 0) is 47.0 Å². The van der Waals surface area contributed by atoms with Gasteiger partial charge in [0.25, 0.3) is 0 Å². The fourth-order valence-electron chi connectivity index (χ4n) is 2.17. The van der Waals surface area contributed by atoms with Gasteiger partial charge in [-0.15, -0.1) is 0 Å². The Balaban J connectivity index is 2.90. The molecule has 2 aromatic rings. The predicted octanol–water partition coefficient (Wildman–Crippen LogP) is 3.95. The molecule has 0 spiro atoms. The molecule has 15 heavy (non-hydrogen) atoms. The molecular formula is C12H13BrFN. The Labute approximate surface area is 97.0 Å². The zero-order valence-electron chi connectivity index (χ0n) is 9.06. The van der Waals surface area contributed by atoms with Gasteiger partial charge >= 0.3 is 0 Å². The zero-order chi connectivity index (χ0) is 11.2. The first-order chi connectivity index (χ1) is 7.06. The summed E-state index contributed by atoms with van der Waals surface area (Å²) in [6.45, 7) is 4.21. The summed E-state index contributed by atoms with van der Waals surface area (Å²) in [6, 6.07) is 3.45. The first kappa shape index (κ1) is 10.7. The van der Waals surface area contributed by atoms with Crippen molar-refractivity contribution in [1.82, 2.24) is 4.57 Å². The van der Waals surface area contributed by atoms with Crippen molar-refractivity contribution in [3.05, 3.63) is 33.7 Å². The minimum absolute atomic E-state index is 0.203. The van der Waals surface area contributed by atoms with Crippen molar-refractivity contribution in [3.8, 4) is 0 Å². The van der Waals surface area contributed by atoms with E-state index in [1.807, 2.05) is 13.1 Å². The van der Waals surface area contributed by atoms with Crippen LogP contribution < -0.4 is 0 Å². The molecule has 1 aromatic heterocycles. The van der Waals surface area contributed by atoms with Gasteiger partial charge in [0.1, 0.15) is 5.82 Å². The molecule has 0 unspecified atom stereocenters. The molecule has 0 aliphatic carbocycles. The topological polar surface area (TPSA) is 4.93 Å². The minimum Gasteiger partial charge on any atom is -0.347 e. The van der Waals surface area contributed by atoms with Crippen LogP contribution in [0.4, 0.5) is 4.39 Å². The summed E-state index contributed by atoms with van der Waals surface area (Å²) in [5.41, 5.74) is 3.48. The number of halogens is 2. The molecule has 3 heteroatoms. The van der Waals surface area contributed by atoms with Gasteiger partial charge in [-0.1, -0.05) is 6.92 Å². The highest BCUT2D eigenvalue weighted by molar-refractivity contribution is 9.10. The number of benzene rings is 1. The third-order valence-corrected chi connectivity index (χ3v) is 3.58. The molecule has 0 N–H and O–H groups in total. The molecule has 0 aliphatic heterocycles. The van der Waals surface area contributed by atoms with Crippen molar-refractivity contribution in [2.45, 2.75) is 20.3 Å². The molecule has 0 amide bonds. The molecule has 1 heterocycles. The van der Waals surface area contributed by atoms with Gasteiger partial charge in [0, 0.05) is 18.1 Å². The summed E-state index contributed by atoms with van der Waals surface area (Å²) in [7, 11) is 1.99. The summed E-state index contributed by atoms with van der Waals surface area (Å²) < 4.78 is 16.0. The monoisotopic (exact) mass is 269 g/mol. The van der Waals surface area contributed by atoms with Crippen LogP contribution in [0.15, 0.2) is 16.6 Å². The Morgan fingerprint density at radius 1 is 1.40 bits per heavy atom. The SMILES string of the molecule is CCc1c(C)c2cc(Br)c(F)cc2n1C. The molecule has 1 aromatic carbocycles. The van der Waals surface area contributed by atoms with E-state index in [9.17, 15) is 4.39 Å². The first-order valence-corrected chi connectivity index (χ1v) is 5.78. The van der Waals surface area contributed by atoms with Gasteiger partial charge in [0.15, 0.2) is 0 Å². The molecule has 0 saturated heterocycles. The van der Waals surface area contributed by atoms with Gasteiger partial charge in [-0.2, -0.15) is 0 Å². The molecule has 80 valence electrons. The minimum atomic E-state index is -0.203. The van der Waals surface area contributed by atoms with Crippen molar-refractivity contribution >= 4 is 26.8 Å². The number of hydrogen-bond donors (Lipinski definition) is 0. The van der Waals surface area contributed by atoms with E-state index in [2.05, 4.69) is 34.3 Å². The second-order valence-corrected chi connectivity index (χ2v) is 4.62. The van der Waals surface area contributed by atoms with Crippen molar-refractivity contribution < 1.29 is 4.39 Å². The number of rotatable bonds is 1. The van der Waals surface area contributed by atoms with Crippen molar-refractivity contribution in [2.24, 2.45) is 7.05 Å². The van der Waals surface area contributed by atoms with Gasteiger partial charge in [-0.25, -0.2) is 4.39 Å². The molecule has 1 nitrogen and oxygen atoms in total. The number of hydrogen-bond acceptors (Lipinski definition) is 0. The van der Waals surface area contributed by atoms with Crippen LogP contribution >= 0.6 is 15.9 Å². The number of aromatic nitrogens is 1. The molecule has 2 rings (SSSR count). The average molecular weight is 270 g/mol. The molecule has 0 fully saturated rings. The number of fused-ring (bicyclic) bond motifs is 1. The van der Waals surface area contributed by atoms with Crippen LogP contribution in [0.1, 0.15) is 18.2 Å². The Bertz CT molecular complexity index is 483. The van der Waals surface area contributed by atoms with E-state index >= 15 is 0 Å². The Kier molecular flexibility index (Phi) is 2.59. The van der Waals surface area contributed by atoms with Crippen LogP contribution in [0, 0.1) is 12.7 Å². The van der Waals surface area contributed by atoms with E-state index < -0.39 is 0 Å². The maximum Gasteiger partial charge on any atom is 0.139 e. The first-order valence-electron chi connectivity index (χ1n) is 4.99. The van der Waals surface area contributed by atoms with Gasteiger partial charge in [0.05, 0.1) is 9.99 Å². The molecular weight excluding hydrogens is 257 g/mol. The van der Waals surface area contributed by atoms with Crippen LogP contribution in [0.3, 0.4) is 0 Å². The second-order valence-electron chi connectivity index (χ2n) is 3.77. The molecule has 0 bridgehead atoms. The van der Waals surface area contributed by atoms with Crippen LogP contribution in [0.25, 0.3) is 10.9 Å². The summed E-state index contributed by atoms with van der Waals surface area (Å²) in [6.07, 6.45) is 0.969. The van der Waals surface area contributed by atoms with Gasteiger partial charge < -0.3 is 4.57 Å². The quantitative estimate of drug-likeness (QED) is 0.739. The standard InChI is InChI=1S/C12H13BrFN/c1-4-11-7(2)8-5-9(13)10(14)6-12(8)15(11)3/h5-6H,4H2,1-3H3. The lowest BCUT2D eigenvalue weighted by Gasteiger charge is -2.01. The Morgan fingerprint density at radius 3 is 2.67 bits per heavy atom.